The Labute approximate surface area is 138 Å². The Morgan fingerprint density at radius 3 is 2.05 bits per heavy atom. The molecule has 0 atom stereocenters. The predicted molar refractivity (Wildman–Crippen MR) is 93.9 cm³/mol. The molecule has 4 nitrogen and oxygen atoms in total. The van der Waals surface area contributed by atoms with Gasteiger partial charge < -0.3 is 4.74 Å². The molecule has 0 saturated carbocycles. The average Bonchev–Trinajstić information content (AvgIpc) is 2.48. The Morgan fingerprint density at radius 2 is 1.70 bits per heavy atom. The predicted octanol–water partition coefficient (Wildman–Crippen LogP) is 4.27. The number of methoxy groups -OCH3 is 1. The van der Waals surface area contributed by atoms with Crippen LogP contribution in [-0.4, -0.2) is 30.3 Å². The number of carbonyl (C=O) groups is 2. The largest absolute Gasteiger partial charge is 0.469 e. The van der Waals surface area contributed by atoms with Crippen molar-refractivity contribution in [3.05, 3.63) is 35.4 Å². The highest BCUT2D eigenvalue weighted by Crippen LogP contribution is 2.20. The van der Waals surface area contributed by atoms with Crippen LogP contribution in [0, 0.1) is 6.92 Å². The van der Waals surface area contributed by atoms with Crippen LogP contribution in [0.25, 0.3) is 0 Å². The first-order valence-electron chi connectivity index (χ1n) is 6.11. The zero-order valence-electron chi connectivity index (χ0n) is 12.8. The lowest BCUT2D eigenvalue weighted by Gasteiger charge is -2.12. The van der Waals surface area contributed by atoms with E-state index in [0.717, 1.165) is 11.1 Å². The van der Waals surface area contributed by atoms with E-state index >= 15 is 0 Å². The second kappa shape index (κ2) is 13.2. The number of amides is 1. The number of esters is 1. The van der Waals surface area contributed by atoms with Crippen molar-refractivity contribution in [2.75, 3.05) is 14.2 Å². The van der Waals surface area contributed by atoms with Gasteiger partial charge in [-0.3, -0.25) is 13.9 Å². The van der Waals surface area contributed by atoms with E-state index in [1.54, 1.807) is 11.4 Å². The van der Waals surface area contributed by atoms with Crippen molar-refractivity contribution in [3.63, 3.8) is 0 Å². The van der Waals surface area contributed by atoms with Gasteiger partial charge in [-0.1, -0.05) is 32.0 Å². The first-order valence-corrected chi connectivity index (χ1v) is 9.42. The third-order valence-corrected chi connectivity index (χ3v) is 4.20. The van der Waals surface area contributed by atoms with Gasteiger partial charge in [0, 0.05) is 49.9 Å². The summed E-state index contributed by atoms with van der Waals surface area (Å²) in [6, 6.07) is 7.61. The highest BCUT2D eigenvalue weighted by Gasteiger charge is 2.12. The SMILES string of the molecule is CC.COC(C)=O.Cc1ccccc1C(=O)N(C)SI. The number of halogens is 1. The lowest BCUT2D eigenvalue weighted by atomic mass is 10.1. The molecule has 0 bridgehead atoms. The van der Waals surface area contributed by atoms with E-state index in [-0.39, 0.29) is 11.9 Å². The van der Waals surface area contributed by atoms with E-state index in [2.05, 4.69) is 25.9 Å². The number of hydrogen-bond acceptors (Lipinski definition) is 4. The van der Waals surface area contributed by atoms with Crippen LogP contribution < -0.4 is 0 Å². The summed E-state index contributed by atoms with van der Waals surface area (Å²) in [4.78, 5) is 21.3. The summed E-state index contributed by atoms with van der Waals surface area (Å²) >= 11 is 2.09. The molecule has 0 spiro atoms. The van der Waals surface area contributed by atoms with Gasteiger partial charge in [0.15, 0.2) is 0 Å². The zero-order valence-corrected chi connectivity index (χ0v) is 15.7. The van der Waals surface area contributed by atoms with E-state index in [1.165, 1.54) is 23.2 Å². The molecule has 1 rings (SSSR count). The molecule has 0 heterocycles. The first-order chi connectivity index (χ1) is 9.43. The Kier molecular flexibility index (Phi) is 14.3. The molecule has 1 amide bonds. The van der Waals surface area contributed by atoms with Gasteiger partial charge in [-0.05, 0) is 18.6 Å². The molecule has 0 aliphatic carbocycles. The molecule has 0 N–H and O–H groups in total. The quantitative estimate of drug-likeness (QED) is 0.414. The molecule has 0 aliphatic rings. The van der Waals surface area contributed by atoms with Crippen molar-refractivity contribution < 1.29 is 14.3 Å². The third kappa shape index (κ3) is 9.19. The van der Waals surface area contributed by atoms with Crippen LogP contribution in [0.1, 0.15) is 36.7 Å². The number of nitrogens with zero attached hydrogens (tertiary/aromatic N) is 1. The number of rotatable bonds is 2. The monoisotopic (exact) mass is 411 g/mol. The minimum atomic E-state index is -0.245. The summed E-state index contributed by atoms with van der Waals surface area (Å²) in [6.45, 7) is 7.30. The fourth-order valence-electron chi connectivity index (χ4n) is 1.01. The molecule has 0 aliphatic heterocycles. The van der Waals surface area contributed by atoms with Crippen LogP contribution in [-0.2, 0) is 9.53 Å². The van der Waals surface area contributed by atoms with Gasteiger partial charge in [-0.15, -0.1) is 0 Å². The Hall–Kier alpha value is -0.760. The van der Waals surface area contributed by atoms with Gasteiger partial charge in [-0.25, -0.2) is 0 Å². The number of ether oxygens (including phenoxy) is 1. The molecule has 0 radical (unpaired) electrons. The molecule has 1 aromatic rings. The van der Waals surface area contributed by atoms with Gasteiger partial charge in [-0.2, -0.15) is 0 Å². The molecular formula is C14H22INO3S. The van der Waals surface area contributed by atoms with E-state index in [9.17, 15) is 9.59 Å². The minimum absolute atomic E-state index is 0.0532. The number of aryl methyl sites for hydroxylation is 1. The van der Waals surface area contributed by atoms with Crippen LogP contribution >= 0.6 is 30.3 Å². The Bertz CT molecular complexity index is 413. The fourth-order valence-corrected chi connectivity index (χ4v) is 1.71. The number of carbonyl (C=O) groups excluding carboxylic acids is 2. The van der Waals surface area contributed by atoms with Crippen LogP contribution in [0.5, 0.6) is 0 Å². The van der Waals surface area contributed by atoms with Crippen LogP contribution in [0.15, 0.2) is 24.3 Å². The summed E-state index contributed by atoms with van der Waals surface area (Å²) in [6.07, 6.45) is 0. The van der Waals surface area contributed by atoms with Gasteiger partial charge in [0.05, 0.1) is 7.11 Å². The number of benzene rings is 1. The normalized spacial score (nSPS) is 8.35. The second-order valence-electron chi connectivity index (χ2n) is 3.38. The average molecular weight is 411 g/mol. The molecule has 1 aromatic carbocycles. The van der Waals surface area contributed by atoms with Crippen molar-refractivity contribution in [3.8, 4) is 0 Å². The van der Waals surface area contributed by atoms with Gasteiger partial charge in [0.2, 0.25) is 0 Å². The van der Waals surface area contributed by atoms with Gasteiger partial charge in [0.1, 0.15) is 0 Å². The molecule has 0 saturated heterocycles. The highest BCUT2D eigenvalue weighted by atomic mass is 127. The maximum Gasteiger partial charge on any atom is 0.302 e. The van der Waals surface area contributed by atoms with E-state index < -0.39 is 0 Å². The Morgan fingerprint density at radius 1 is 1.25 bits per heavy atom. The summed E-state index contributed by atoms with van der Waals surface area (Å²) in [7, 11) is 4.51. The van der Waals surface area contributed by atoms with Gasteiger partial charge >= 0.3 is 5.97 Å². The van der Waals surface area contributed by atoms with E-state index in [4.69, 9.17) is 0 Å². The number of hydrogen-bond donors (Lipinski definition) is 0. The van der Waals surface area contributed by atoms with Crippen LogP contribution in [0.3, 0.4) is 0 Å². The molecule has 0 aromatic heterocycles. The Balaban J connectivity index is 0. The second-order valence-corrected chi connectivity index (χ2v) is 5.25. The topological polar surface area (TPSA) is 46.6 Å². The molecule has 114 valence electrons. The van der Waals surface area contributed by atoms with Crippen molar-refractivity contribution in [1.29, 1.82) is 0 Å². The van der Waals surface area contributed by atoms with Crippen molar-refractivity contribution >= 4 is 42.2 Å². The van der Waals surface area contributed by atoms with Crippen LogP contribution in [0.4, 0.5) is 0 Å². The lowest BCUT2D eigenvalue weighted by Crippen LogP contribution is -2.18. The summed E-state index contributed by atoms with van der Waals surface area (Å²) in [5.41, 5.74) is 1.79. The lowest BCUT2D eigenvalue weighted by molar-refractivity contribution is -0.137. The molecule has 20 heavy (non-hydrogen) atoms. The summed E-state index contributed by atoms with van der Waals surface area (Å²) < 4.78 is 5.73. The van der Waals surface area contributed by atoms with Crippen molar-refractivity contribution in [2.45, 2.75) is 27.7 Å². The zero-order chi connectivity index (χ0) is 16.1. The van der Waals surface area contributed by atoms with Crippen molar-refractivity contribution in [1.82, 2.24) is 4.31 Å². The van der Waals surface area contributed by atoms with Gasteiger partial charge in [0.25, 0.3) is 5.91 Å². The van der Waals surface area contributed by atoms with Crippen molar-refractivity contribution in [2.24, 2.45) is 0 Å². The smallest absolute Gasteiger partial charge is 0.302 e. The molecular weight excluding hydrogens is 389 g/mol. The fraction of sp³-hybridized carbons (Fsp3) is 0.429. The minimum Gasteiger partial charge on any atom is -0.469 e. The standard InChI is InChI=1S/C9H10INOS.C3H6O2.C2H6/c1-7-5-3-4-6-8(7)9(12)11(2)13-10;1-3(4)5-2;1-2/h3-6H,1-2H3;1-2H3;1-2H3. The molecule has 0 fully saturated rings. The van der Waals surface area contributed by atoms with E-state index in [1.807, 2.05) is 45.0 Å². The van der Waals surface area contributed by atoms with Crippen LogP contribution in [0.2, 0.25) is 0 Å². The summed E-state index contributed by atoms with van der Waals surface area (Å²) in [5, 5.41) is 0. The highest BCUT2D eigenvalue weighted by molar-refractivity contribution is 14.2. The summed E-state index contributed by atoms with van der Waals surface area (Å²) in [5.74, 6) is -0.192. The van der Waals surface area contributed by atoms with E-state index in [0.29, 0.717) is 0 Å². The third-order valence-electron chi connectivity index (χ3n) is 2.05. The molecule has 6 heteroatoms. The molecule has 0 unspecified atom stereocenters. The first kappa shape index (κ1) is 21.5. The maximum atomic E-state index is 11.7. The maximum absolute atomic E-state index is 11.7.